The van der Waals surface area contributed by atoms with Crippen molar-refractivity contribution >= 4 is 17.7 Å². The van der Waals surface area contributed by atoms with E-state index >= 15 is 0 Å². The highest BCUT2D eigenvalue weighted by Gasteiger charge is 2.35. The van der Waals surface area contributed by atoms with Gasteiger partial charge in [0, 0.05) is 37.7 Å². The van der Waals surface area contributed by atoms with Gasteiger partial charge in [-0.15, -0.1) is 0 Å². The molecule has 31 heavy (non-hydrogen) atoms. The van der Waals surface area contributed by atoms with Gasteiger partial charge in [-0.05, 0) is 56.6 Å². The second-order valence-corrected chi connectivity index (χ2v) is 9.67. The second kappa shape index (κ2) is 10.3. The van der Waals surface area contributed by atoms with Crippen molar-refractivity contribution in [1.82, 2.24) is 15.1 Å². The first-order chi connectivity index (χ1) is 14.8. The number of hydrogen-bond donors (Lipinski definition) is 1. The molecular formula is C25H37N3O3. The second-order valence-electron chi connectivity index (χ2n) is 9.67. The molecule has 0 radical (unpaired) electrons. The largest absolute Gasteiger partial charge is 0.342 e. The molecule has 3 rings (SSSR count). The van der Waals surface area contributed by atoms with Gasteiger partial charge in [-0.25, -0.2) is 0 Å². The van der Waals surface area contributed by atoms with Crippen molar-refractivity contribution < 1.29 is 14.4 Å². The quantitative estimate of drug-likeness (QED) is 0.784. The van der Waals surface area contributed by atoms with E-state index in [1.807, 2.05) is 42.7 Å². The Kier molecular flexibility index (Phi) is 7.74. The lowest BCUT2D eigenvalue weighted by Crippen LogP contribution is -2.54. The fraction of sp³-hybridized carbons (Fsp3) is 0.640. The molecule has 2 aliphatic heterocycles. The molecular weight excluding hydrogens is 390 g/mol. The van der Waals surface area contributed by atoms with Crippen molar-refractivity contribution in [3.05, 3.63) is 35.4 Å². The monoisotopic (exact) mass is 427 g/mol. The first-order valence-electron chi connectivity index (χ1n) is 11.7. The van der Waals surface area contributed by atoms with Gasteiger partial charge in [-0.2, -0.15) is 0 Å². The third kappa shape index (κ3) is 5.86. The highest BCUT2D eigenvalue weighted by atomic mass is 16.2. The van der Waals surface area contributed by atoms with E-state index in [-0.39, 0.29) is 29.6 Å². The third-order valence-corrected chi connectivity index (χ3v) is 6.78. The number of aryl methyl sites for hydroxylation is 1. The molecule has 1 N–H and O–H groups in total. The van der Waals surface area contributed by atoms with E-state index < -0.39 is 6.04 Å². The molecule has 3 amide bonds. The molecule has 2 heterocycles. The minimum atomic E-state index is -0.565. The van der Waals surface area contributed by atoms with Gasteiger partial charge in [-0.3, -0.25) is 14.4 Å². The summed E-state index contributed by atoms with van der Waals surface area (Å²) in [6.07, 6.45) is 3.57. The number of rotatable bonds is 5. The average Bonchev–Trinajstić information content (AvgIpc) is 2.77. The lowest BCUT2D eigenvalue weighted by molar-refractivity contribution is -0.142. The van der Waals surface area contributed by atoms with E-state index in [0.717, 1.165) is 31.5 Å². The van der Waals surface area contributed by atoms with Crippen LogP contribution in [-0.4, -0.2) is 59.7 Å². The molecule has 2 saturated heterocycles. The van der Waals surface area contributed by atoms with Crippen LogP contribution in [0.25, 0.3) is 0 Å². The van der Waals surface area contributed by atoms with Crippen LogP contribution in [0.4, 0.5) is 0 Å². The average molecular weight is 428 g/mol. The van der Waals surface area contributed by atoms with Crippen LogP contribution in [0.3, 0.4) is 0 Å². The summed E-state index contributed by atoms with van der Waals surface area (Å²) in [5, 5.41) is 2.93. The van der Waals surface area contributed by atoms with Crippen molar-refractivity contribution in [2.75, 3.05) is 26.2 Å². The number of nitrogens with zero attached hydrogens (tertiary/aromatic N) is 2. The Bertz CT molecular complexity index is 774. The Morgan fingerprint density at radius 2 is 1.45 bits per heavy atom. The van der Waals surface area contributed by atoms with E-state index in [9.17, 15) is 14.4 Å². The van der Waals surface area contributed by atoms with Crippen LogP contribution in [0.5, 0.6) is 0 Å². The van der Waals surface area contributed by atoms with Crippen LogP contribution in [0, 0.1) is 24.7 Å². The number of nitrogens with one attached hydrogen (secondary N) is 1. The Balaban J connectivity index is 1.55. The molecule has 0 aromatic heterocycles. The minimum absolute atomic E-state index is 0.0112. The molecule has 2 fully saturated rings. The maximum atomic E-state index is 13.2. The minimum Gasteiger partial charge on any atom is -0.342 e. The van der Waals surface area contributed by atoms with Gasteiger partial charge in [-0.1, -0.05) is 38.5 Å². The first-order valence-corrected chi connectivity index (χ1v) is 11.7. The first kappa shape index (κ1) is 23.3. The van der Waals surface area contributed by atoms with Crippen molar-refractivity contribution in [2.45, 2.75) is 59.4 Å². The molecule has 1 unspecified atom stereocenters. The zero-order chi connectivity index (χ0) is 22.5. The van der Waals surface area contributed by atoms with E-state index in [4.69, 9.17) is 0 Å². The molecule has 0 spiro atoms. The Morgan fingerprint density at radius 1 is 0.903 bits per heavy atom. The standard InChI is InChI=1S/C25H37N3O3/c1-17(2)22(26-23(29)20-7-5-18(3)6-8-20)25(31)28-15-11-21(12-16-28)24(30)27-13-9-19(4)10-14-27/h5-8,17,19,21-22H,9-16H2,1-4H3,(H,26,29). The summed E-state index contributed by atoms with van der Waals surface area (Å²) in [4.78, 5) is 42.6. The number of amides is 3. The summed E-state index contributed by atoms with van der Waals surface area (Å²) in [7, 11) is 0. The number of likely N-dealkylation sites (tertiary alicyclic amines) is 2. The Labute approximate surface area is 186 Å². The summed E-state index contributed by atoms with van der Waals surface area (Å²) in [6, 6.07) is 6.79. The van der Waals surface area contributed by atoms with E-state index in [1.165, 1.54) is 0 Å². The molecule has 0 aliphatic carbocycles. The third-order valence-electron chi connectivity index (χ3n) is 6.78. The zero-order valence-corrected chi connectivity index (χ0v) is 19.4. The summed E-state index contributed by atoms with van der Waals surface area (Å²) in [5.74, 6) is 0.678. The van der Waals surface area contributed by atoms with E-state index in [2.05, 4.69) is 12.2 Å². The summed E-state index contributed by atoms with van der Waals surface area (Å²) >= 11 is 0. The van der Waals surface area contributed by atoms with Crippen LogP contribution in [0.2, 0.25) is 0 Å². The highest BCUT2D eigenvalue weighted by molar-refractivity contribution is 5.97. The molecule has 6 nitrogen and oxygen atoms in total. The van der Waals surface area contributed by atoms with Gasteiger partial charge >= 0.3 is 0 Å². The predicted octanol–water partition coefficient (Wildman–Crippen LogP) is 3.25. The van der Waals surface area contributed by atoms with Crippen molar-refractivity contribution in [1.29, 1.82) is 0 Å². The van der Waals surface area contributed by atoms with Gasteiger partial charge in [0.25, 0.3) is 5.91 Å². The lowest BCUT2D eigenvalue weighted by Gasteiger charge is -2.38. The normalized spacial score (nSPS) is 19.4. The van der Waals surface area contributed by atoms with Crippen molar-refractivity contribution in [3.8, 4) is 0 Å². The van der Waals surface area contributed by atoms with E-state index in [0.29, 0.717) is 37.4 Å². The van der Waals surface area contributed by atoms with Crippen molar-refractivity contribution in [2.24, 2.45) is 17.8 Å². The van der Waals surface area contributed by atoms with Gasteiger partial charge in [0.05, 0.1) is 0 Å². The molecule has 0 bridgehead atoms. The molecule has 6 heteroatoms. The molecule has 1 atom stereocenters. The summed E-state index contributed by atoms with van der Waals surface area (Å²) < 4.78 is 0. The topological polar surface area (TPSA) is 69.7 Å². The zero-order valence-electron chi connectivity index (χ0n) is 19.4. The highest BCUT2D eigenvalue weighted by Crippen LogP contribution is 2.24. The number of piperidine rings is 2. The number of carbonyl (C=O) groups excluding carboxylic acids is 3. The van der Waals surface area contributed by atoms with Crippen molar-refractivity contribution in [3.63, 3.8) is 0 Å². The fourth-order valence-corrected chi connectivity index (χ4v) is 4.47. The van der Waals surface area contributed by atoms with Gasteiger partial charge in [0.2, 0.25) is 11.8 Å². The van der Waals surface area contributed by atoms with Crippen LogP contribution in [0.1, 0.15) is 62.4 Å². The van der Waals surface area contributed by atoms with E-state index in [1.54, 1.807) is 12.1 Å². The maximum Gasteiger partial charge on any atom is 0.251 e. The SMILES string of the molecule is Cc1ccc(C(=O)NC(C(=O)N2CCC(C(=O)N3CCC(C)CC3)CC2)C(C)C)cc1. The predicted molar refractivity (Wildman–Crippen MR) is 122 cm³/mol. The number of benzene rings is 1. The van der Waals surface area contributed by atoms with Crippen LogP contribution < -0.4 is 5.32 Å². The van der Waals surface area contributed by atoms with Crippen LogP contribution in [-0.2, 0) is 9.59 Å². The lowest BCUT2D eigenvalue weighted by atomic mass is 9.92. The molecule has 1 aromatic rings. The summed E-state index contributed by atoms with van der Waals surface area (Å²) in [6.45, 7) is 11.0. The number of hydrogen-bond acceptors (Lipinski definition) is 3. The number of carbonyl (C=O) groups is 3. The molecule has 2 aliphatic rings. The van der Waals surface area contributed by atoms with Gasteiger partial charge in [0.15, 0.2) is 0 Å². The van der Waals surface area contributed by atoms with Gasteiger partial charge < -0.3 is 15.1 Å². The van der Waals surface area contributed by atoms with Gasteiger partial charge in [0.1, 0.15) is 6.04 Å². The molecule has 0 saturated carbocycles. The smallest absolute Gasteiger partial charge is 0.251 e. The fourth-order valence-electron chi connectivity index (χ4n) is 4.47. The van der Waals surface area contributed by atoms with Crippen LogP contribution in [0.15, 0.2) is 24.3 Å². The summed E-state index contributed by atoms with van der Waals surface area (Å²) in [5.41, 5.74) is 1.65. The Morgan fingerprint density at radius 3 is 2.00 bits per heavy atom. The molecule has 1 aromatic carbocycles. The Hall–Kier alpha value is -2.37. The maximum absolute atomic E-state index is 13.2. The van der Waals surface area contributed by atoms with Crippen LogP contribution >= 0.6 is 0 Å². The molecule has 170 valence electrons.